The van der Waals surface area contributed by atoms with Gasteiger partial charge >= 0.3 is 6.18 Å². The number of halogens is 3. The van der Waals surface area contributed by atoms with Crippen LogP contribution in [-0.4, -0.2) is 64.9 Å². The molecular formula is C11H17F3N2O2S. The van der Waals surface area contributed by atoms with Gasteiger partial charge in [0, 0.05) is 43.5 Å². The van der Waals surface area contributed by atoms with Crippen LogP contribution in [0, 0.1) is 0 Å². The van der Waals surface area contributed by atoms with Crippen LogP contribution in [0.4, 0.5) is 13.2 Å². The average molecular weight is 298 g/mol. The van der Waals surface area contributed by atoms with Crippen molar-refractivity contribution >= 4 is 17.7 Å². The Labute approximate surface area is 113 Å². The molecule has 0 aliphatic carbocycles. The normalized spacial score (nSPS) is 32.6. The van der Waals surface area contributed by atoms with Gasteiger partial charge in [0.1, 0.15) is 0 Å². The monoisotopic (exact) mass is 298 g/mol. The lowest BCUT2D eigenvalue weighted by atomic mass is 10.0. The Morgan fingerprint density at radius 1 is 1.53 bits per heavy atom. The Bertz CT molecular complexity index is 347. The third-order valence-corrected chi connectivity index (χ3v) is 4.68. The molecule has 8 heteroatoms. The molecule has 2 saturated heterocycles. The van der Waals surface area contributed by atoms with E-state index in [2.05, 4.69) is 5.32 Å². The topological polar surface area (TPSA) is 52.6 Å². The maximum Gasteiger partial charge on any atom is 0.419 e. The Hall–Kier alpha value is -0.470. The third-order valence-electron chi connectivity index (χ3n) is 3.55. The summed E-state index contributed by atoms with van der Waals surface area (Å²) in [5.74, 6) is 1.46. The number of hydrogen-bond acceptors (Lipinski definition) is 4. The second kappa shape index (κ2) is 5.49. The van der Waals surface area contributed by atoms with Gasteiger partial charge in [-0.2, -0.15) is 24.9 Å². The molecule has 0 radical (unpaired) electrons. The van der Waals surface area contributed by atoms with E-state index in [1.165, 1.54) is 0 Å². The van der Waals surface area contributed by atoms with E-state index < -0.39 is 24.7 Å². The van der Waals surface area contributed by atoms with Crippen LogP contribution in [0.25, 0.3) is 0 Å². The number of alkyl halides is 3. The molecule has 2 atom stereocenters. The molecule has 1 amide bonds. The summed E-state index contributed by atoms with van der Waals surface area (Å²) in [5, 5.41) is 12.7. The lowest BCUT2D eigenvalue weighted by Crippen LogP contribution is -2.48. The summed E-state index contributed by atoms with van der Waals surface area (Å²) in [5.41, 5.74) is -2.74. The van der Waals surface area contributed by atoms with Crippen LogP contribution in [0.15, 0.2) is 0 Å². The SMILES string of the molecule is O=C(CC1CSCCN1)N1CCC(O)(C(F)(F)F)C1. The highest BCUT2D eigenvalue weighted by Crippen LogP contribution is 2.37. The molecule has 19 heavy (non-hydrogen) atoms. The van der Waals surface area contributed by atoms with E-state index in [4.69, 9.17) is 0 Å². The highest BCUT2D eigenvalue weighted by atomic mass is 32.2. The first-order valence-corrected chi connectivity index (χ1v) is 7.35. The van der Waals surface area contributed by atoms with Crippen LogP contribution >= 0.6 is 11.8 Å². The number of hydrogen-bond donors (Lipinski definition) is 2. The molecule has 0 saturated carbocycles. The predicted molar refractivity (Wildman–Crippen MR) is 65.9 cm³/mol. The zero-order valence-electron chi connectivity index (χ0n) is 10.4. The van der Waals surface area contributed by atoms with Crippen molar-refractivity contribution in [3.8, 4) is 0 Å². The standard InChI is InChI=1S/C11H17F3N2O2S/c12-11(13,14)10(18)1-3-16(7-10)9(17)5-8-6-19-4-2-15-8/h8,15,18H,1-7H2. The predicted octanol–water partition coefficient (Wildman–Crippen LogP) is 0.607. The highest BCUT2D eigenvalue weighted by Gasteiger charge is 2.57. The summed E-state index contributed by atoms with van der Waals surface area (Å²) in [6.07, 6.45) is -4.92. The van der Waals surface area contributed by atoms with Gasteiger partial charge in [-0.05, 0) is 0 Å². The van der Waals surface area contributed by atoms with E-state index in [9.17, 15) is 23.1 Å². The van der Waals surface area contributed by atoms with Crippen molar-refractivity contribution in [1.82, 2.24) is 10.2 Å². The van der Waals surface area contributed by atoms with E-state index in [0.717, 1.165) is 23.0 Å². The number of likely N-dealkylation sites (tertiary alicyclic amines) is 1. The van der Waals surface area contributed by atoms with Crippen molar-refractivity contribution in [3.63, 3.8) is 0 Å². The van der Waals surface area contributed by atoms with Crippen molar-refractivity contribution in [2.75, 3.05) is 31.1 Å². The fourth-order valence-electron chi connectivity index (χ4n) is 2.33. The number of thioether (sulfide) groups is 1. The first kappa shape index (κ1) is 14.9. The molecule has 0 spiro atoms. The molecule has 2 rings (SSSR count). The van der Waals surface area contributed by atoms with Crippen molar-refractivity contribution < 1.29 is 23.1 Å². The molecule has 2 heterocycles. The number of β-amino-alcohol motifs (C(OH)–C–C–N with tert-alkyl or cyclic N) is 1. The van der Waals surface area contributed by atoms with E-state index in [1.54, 1.807) is 11.8 Å². The van der Waals surface area contributed by atoms with Gasteiger partial charge in [0.05, 0.1) is 6.54 Å². The summed E-state index contributed by atoms with van der Waals surface area (Å²) in [7, 11) is 0. The molecule has 2 fully saturated rings. The summed E-state index contributed by atoms with van der Waals surface area (Å²) < 4.78 is 37.9. The zero-order valence-corrected chi connectivity index (χ0v) is 11.2. The Kier molecular flexibility index (Phi) is 4.32. The van der Waals surface area contributed by atoms with Crippen LogP contribution in [0.1, 0.15) is 12.8 Å². The quantitative estimate of drug-likeness (QED) is 0.784. The summed E-state index contributed by atoms with van der Waals surface area (Å²) in [6.45, 7) is 0.138. The summed E-state index contributed by atoms with van der Waals surface area (Å²) >= 11 is 1.73. The number of nitrogens with one attached hydrogen (secondary N) is 1. The van der Waals surface area contributed by atoms with Crippen molar-refractivity contribution in [1.29, 1.82) is 0 Å². The van der Waals surface area contributed by atoms with Crippen LogP contribution < -0.4 is 5.32 Å². The zero-order chi connectivity index (χ0) is 14.1. The molecule has 2 aliphatic heterocycles. The van der Waals surface area contributed by atoms with Gasteiger partial charge in [0.25, 0.3) is 0 Å². The number of rotatable bonds is 2. The van der Waals surface area contributed by atoms with E-state index in [0.29, 0.717) is 0 Å². The maximum absolute atomic E-state index is 12.6. The molecule has 0 aromatic carbocycles. The van der Waals surface area contributed by atoms with E-state index in [1.807, 2.05) is 0 Å². The lowest BCUT2D eigenvalue weighted by Gasteiger charge is -2.27. The van der Waals surface area contributed by atoms with Crippen LogP contribution in [0.5, 0.6) is 0 Å². The third kappa shape index (κ3) is 3.35. The molecule has 4 nitrogen and oxygen atoms in total. The highest BCUT2D eigenvalue weighted by molar-refractivity contribution is 7.99. The van der Waals surface area contributed by atoms with Crippen LogP contribution in [0.3, 0.4) is 0 Å². The number of aliphatic hydroxyl groups is 1. The molecule has 0 aromatic heterocycles. The molecule has 2 N–H and O–H groups in total. The van der Waals surface area contributed by atoms with Gasteiger partial charge < -0.3 is 15.3 Å². The minimum absolute atomic E-state index is 0.0193. The van der Waals surface area contributed by atoms with Gasteiger partial charge in [0.2, 0.25) is 5.91 Å². The molecule has 2 unspecified atom stereocenters. The summed E-state index contributed by atoms with van der Waals surface area (Å²) in [4.78, 5) is 13.0. The fraction of sp³-hybridized carbons (Fsp3) is 0.909. The Morgan fingerprint density at radius 3 is 2.79 bits per heavy atom. The first-order chi connectivity index (χ1) is 8.82. The second-order valence-corrected chi connectivity index (χ2v) is 6.17. The van der Waals surface area contributed by atoms with Gasteiger partial charge in [-0.15, -0.1) is 0 Å². The number of amides is 1. The second-order valence-electron chi connectivity index (χ2n) is 5.02. The number of carbonyl (C=O) groups excluding carboxylic acids is 1. The number of carbonyl (C=O) groups is 1. The minimum atomic E-state index is -4.68. The maximum atomic E-state index is 12.6. The largest absolute Gasteiger partial charge is 0.419 e. The summed E-state index contributed by atoms with van der Waals surface area (Å²) in [6, 6.07) is 0.0193. The van der Waals surface area contributed by atoms with Gasteiger partial charge in [0.15, 0.2) is 5.60 Å². The smallest absolute Gasteiger partial charge is 0.379 e. The molecule has 0 bridgehead atoms. The minimum Gasteiger partial charge on any atom is -0.379 e. The fourth-order valence-corrected chi connectivity index (χ4v) is 3.28. The Balaban J connectivity index is 1.88. The molecular weight excluding hydrogens is 281 g/mol. The van der Waals surface area contributed by atoms with Crippen LogP contribution in [0.2, 0.25) is 0 Å². The number of nitrogens with zero attached hydrogens (tertiary/aromatic N) is 1. The van der Waals surface area contributed by atoms with Gasteiger partial charge in [-0.1, -0.05) is 0 Å². The van der Waals surface area contributed by atoms with Gasteiger partial charge in [-0.3, -0.25) is 4.79 Å². The van der Waals surface area contributed by atoms with Crippen molar-refractivity contribution in [2.24, 2.45) is 0 Å². The average Bonchev–Trinajstić information content (AvgIpc) is 2.74. The molecule has 110 valence electrons. The van der Waals surface area contributed by atoms with Crippen LogP contribution in [-0.2, 0) is 4.79 Å². The lowest BCUT2D eigenvalue weighted by molar-refractivity contribution is -0.253. The Morgan fingerprint density at radius 2 is 2.26 bits per heavy atom. The van der Waals surface area contributed by atoms with E-state index in [-0.39, 0.29) is 24.9 Å². The first-order valence-electron chi connectivity index (χ1n) is 6.20. The van der Waals surface area contributed by atoms with Gasteiger partial charge in [-0.25, -0.2) is 0 Å². The van der Waals surface area contributed by atoms with Crippen molar-refractivity contribution in [2.45, 2.75) is 30.7 Å². The molecule has 2 aliphatic rings. The van der Waals surface area contributed by atoms with Crippen molar-refractivity contribution in [3.05, 3.63) is 0 Å². The van der Waals surface area contributed by atoms with E-state index >= 15 is 0 Å². The molecule has 0 aromatic rings.